The molecule has 1 aliphatic rings. The monoisotopic (exact) mass is 225 g/mol. The van der Waals surface area contributed by atoms with Gasteiger partial charge in [-0.1, -0.05) is 0 Å². The van der Waals surface area contributed by atoms with Crippen molar-refractivity contribution in [3.05, 3.63) is 12.3 Å². The molecule has 1 heterocycles. The Morgan fingerprint density at radius 1 is 1.33 bits per heavy atom. The summed E-state index contributed by atoms with van der Waals surface area (Å²) in [6.07, 6.45) is -1.89. The normalized spacial score (nSPS) is 14.5. The molecule has 0 atom stereocenters. The Hall–Kier alpha value is -1.73. The van der Waals surface area contributed by atoms with Crippen molar-refractivity contribution in [2.45, 2.75) is 6.18 Å². The Kier molecular flexibility index (Phi) is 3.17. The number of nitrogens with zero attached hydrogens (tertiary/aromatic N) is 1. The summed E-state index contributed by atoms with van der Waals surface area (Å²) in [5.74, 6) is -3.63. The first-order valence-electron chi connectivity index (χ1n) is 3.79. The molecule has 1 aliphatic heterocycles. The summed E-state index contributed by atoms with van der Waals surface area (Å²) >= 11 is 0. The lowest BCUT2D eigenvalue weighted by Crippen LogP contribution is -2.33. The van der Waals surface area contributed by atoms with Crippen LogP contribution < -0.4 is 0 Å². The van der Waals surface area contributed by atoms with Crippen molar-refractivity contribution in [1.29, 1.82) is 0 Å². The van der Waals surface area contributed by atoms with Crippen LogP contribution in [0.5, 0.6) is 0 Å². The molecule has 8 heteroatoms. The van der Waals surface area contributed by atoms with Crippen LogP contribution in [0.3, 0.4) is 0 Å². The van der Waals surface area contributed by atoms with Gasteiger partial charge < -0.3 is 4.90 Å². The number of rotatable bonds is 2. The summed E-state index contributed by atoms with van der Waals surface area (Å²) in [5, 5.41) is 0. The maximum Gasteiger partial charge on any atom is 0.495 e. The maximum atomic E-state index is 11.6. The molecule has 0 fully saturated rings. The van der Waals surface area contributed by atoms with Gasteiger partial charge >= 0.3 is 18.1 Å². The van der Waals surface area contributed by atoms with Crippen LogP contribution in [-0.2, 0) is 19.4 Å². The molecule has 0 aromatic heterocycles. The van der Waals surface area contributed by atoms with Gasteiger partial charge in [-0.05, 0) is 12.3 Å². The van der Waals surface area contributed by atoms with Gasteiger partial charge in [0, 0.05) is 6.54 Å². The first kappa shape index (κ1) is 11.3. The van der Waals surface area contributed by atoms with E-state index < -0.39 is 18.1 Å². The van der Waals surface area contributed by atoms with E-state index in [0.717, 1.165) is 0 Å². The largest absolute Gasteiger partial charge is 0.495 e. The van der Waals surface area contributed by atoms with Gasteiger partial charge in [0.15, 0.2) is 0 Å². The van der Waals surface area contributed by atoms with Gasteiger partial charge in [-0.15, -0.1) is 0 Å². The van der Waals surface area contributed by atoms with Crippen LogP contribution in [0.25, 0.3) is 0 Å². The predicted molar refractivity (Wildman–Crippen MR) is 39.0 cm³/mol. The first-order chi connectivity index (χ1) is 6.89. The van der Waals surface area contributed by atoms with Crippen LogP contribution in [0.15, 0.2) is 12.3 Å². The zero-order valence-corrected chi connectivity index (χ0v) is 7.28. The Morgan fingerprint density at radius 2 is 1.93 bits per heavy atom. The first-order valence-corrected chi connectivity index (χ1v) is 3.79. The molecule has 0 saturated heterocycles. The molecular weight excluding hydrogens is 219 g/mol. The Balaban J connectivity index is 2.21. The van der Waals surface area contributed by atoms with Crippen molar-refractivity contribution in [3.63, 3.8) is 0 Å². The molecule has 0 aliphatic carbocycles. The van der Waals surface area contributed by atoms with E-state index in [1.807, 2.05) is 0 Å². The smallest absolute Gasteiger partial charge is 0.363 e. The fraction of sp³-hybridized carbons (Fsp3) is 0.429. The Labute approximate surface area is 82.0 Å². The molecule has 0 saturated carbocycles. The third-order valence-electron chi connectivity index (χ3n) is 1.43. The Bertz CT molecular complexity index is 299. The van der Waals surface area contributed by atoms with Crippen LogP contribution in [0, 0.1) is 0 Å². The highest BCUT2D eigenvalue weighted by atomic mass is 19.4. The third kappa shape index (κ3) is 3.49. The van der Waals surface area contributed by atoms with Gasteiger partial charge in [0.1, 0.15) is 6.54 Å². The van der Waals surface area contributed by atoms with E-state index in [4.69, 9.17) is 0 Å². The molecule has 15 heavy (non-hydrogen) atoms. The van der Waals surface area contributed by atoms with Crippen LogP contribution in [0.1, 0.15) is 0 Å². The standard InChI is InChI=1S/C7H6F3NO4/c8-7(9,10)6(13)15-14-5(12)4-11-2-1-3-11/h1-2H,3-4H2. The van der Waals surface area contributed by atoms with E-state index in [2.05, 4.69) is 9.78 Å². The summed E-state index contributed by atoms with van der Waals surface area (Å²) in [5.41, 5.74) is 0. The van der Waals surface area contributed by atoms with Crippen molar-refractivity contribution < 1.29 is 32.5 Å². The number of carbonyl (C=O) groups is 2. The van der Waals surface area contributed by atoms with Gasteiger partial charge in [-0.3, -0.25) is 0 Å². The summed E-state index contributed by atoms with van der Waals surface area (Å²) < 4.78 is 34.7. The number of hydrogen-bond acceptors (Lipinski definition) is 5. The van der Waals surface area contributed by atoms with Crippen molar-refractivity contribution in [3.8, 4) is 0 Å². The summed E-state index contributed by atoms with van der Waals surface area (Å²) in [6, 6.07) is 0. The molecule has 0 spiro atoms. The minimum atomic E-state index is -5.17. The summed E-state index contributed by atoms with van der Waals surface area (Å²) in [7, 11) is 0. The van der Waals surface area contributed by atoms with Crippen LogP contribution in [0.4, 0.5) is 13.2 Å². The molecule has 0 unspecified atom stereocenters. The SMILES string of the molecule is O=C(CN1C=CC1)OOC(=O)C(F)(F)F. The lowest BCUT2D eigenvalue weighted by molar-refractivity contribution is -0.285. The molecule has 0 N–H and O–H groups in total. The summed E-state index contributed by atoms with van der Waals surface area (Å²) in [6.45, 7) is 0.240. The van der Waals surface area contributed by atoms with Gasteiger partial charge in [0.2, 0.25) is 0 Å². The number of carbonyl (C=O) groups excluding carboxylic acids is 2. The second-order valence-corrected chi connectivity index (χ2v) is 2.64. The fourth-order valence-electron chi connectivity index (χ4n) is 0.695. The highest BCUT2D eigenvalue weighted by Crippen LogP contribution is 2.16. The maximum absolute atomic E-state index is 11.6. The third-order valence-corrected chi connectivity index (χ3v) is 1.43. The molecule has 0 bridgehead atoms. The number of halogens is 3. The molecule has 0 aromatic rings. The molecule has 5 nitrogen and oxygen atoms in total. The van der Waals surface area contributed by atoms with Gasteiger partial charge in [0.25, 0.3) is 0 Å². The topological polar surface area (TPSA) is 55.8 Å². The number of alkyl halides is 3. The van der Waals surface area contributed by atoms with E-state index in [-0.39, 0.29) is 6.54 Å². The van der Waals surface area contributed by atoms with E-state index in [1.165, 1.54) is 4.90 Å². The summed E-state index contributed by atoms with van der Waals surface area (Å²) in [4.78, 5) is 29.2. The predicted octanol–water partition coefficient (Wildman–Crippen LogP) is 0.379. The highest BCUT2D eigenvalue weighted by molar-refractivity contribution is 5.77. The molecule has 84 valence electrons. The van der Waals surface area contributed by atoms with Gasteiger partial charge in [-0.25, -0.2) is 19.4 Å². The minimum Gasteiger partial charge on any atom is -0.363 e. The zero-order valence-electron chi connectivity index (χ0n) is 7.28. The Morgan fingerprint density at radius 3 is 2.33 bits per heavy atom. The van der Waals surface area contributed by atoms with Crippen molar-refractivity contribution in [1.82, 2.24) is 4.90 Å². The van der Waals surface area contributed by atoms with Crippen molar-refractivity contribution in [2.24, 2.45) is 0 Å². The van der Waals surface area contributed by atoms with E-state index in [9.17, 15) is 22.8 Å². The van der Waals surface area contributed by atoms with E-state index in [0.29, 0.717) is 6.54 Å². The molecular formula is C7H6F3NO4. The fourth-order valence-corrected chi connectivity index (χ4v) is 0.695. The molecule has 0 amide bonds. The minimum absolute atomic E-state index is 0.262. The average molecular weight is 225 g/mol. The van der Waals surface area contributed by atoms with Crippen molar-refractivity contribution >= 4 is 11.9 Å². The van der Waals surface area contributed by atoms with Crippen LogP contribution in [-0.4, -0.2) is 36.1 Å². The lowest BCUT2D eigenvalue weighted by Gasteiger charge is -2.22. The van der Waals surface area contributed by atoms with Crippen LogP contribution in [0.2, 0.25) is 0 Å². The quantitative estimate of drug-likeness (QED) is 0.502. The molecule has 0 aromatic carbocycles. The van der Waals surface area contributed by atoms with Gasteiger partial charge in [-0.2, -0.15) is 13.2 Å². The van der Waals surface area contributed by atoms with Gasteiger partial charge in [0.05, 0.1) is 0 Å². The molecule has 0 radical (unpaired) electrons. The zero-order chi connectivity index (χ0) is 11.5. The van der Waals surface area contributed by atoms with Crippen molar-refractivity contribution in [2.75, 3.05) is 13.1 Å². The van der Waals surface area contributed by atoms with Crippen LogP contribution >= 0.6 is 0 Å². The van der Waals surface area contributed by atoms with E-state index >= 15 is 0 Å². The highest BCUT2D eigenvalue weighted by Gasteiger charge is 2.43. The second kappa shape index (κ2) is 4.20. The lowest BCUT2D eigenvalue weighted by atomic mass is 10.4. The molecule has 1 rings (SSSR count). The van der Waals surface area contributed by atoms with E-state index in [1.54, 1.807) is 12.3 Å². The number of hydrogen-bond donors (Lipinski definition) is 0. The average Bonchev–Trinajstić information content (AvgIpc) is 2.05. The second-order valence-electron chi connectivity index (χ2n) is 2.64.